The van der Waals surface area contributed by atoms with E-state index >= 15 is 0 Å². The number of aromatic nitrogens is 1. The van der Waals surface area contributed by atoms with Gasteiger partial charge in [-0.1, -0.05) is 13.8 Å². The van der Waals surface area contributed by atoms with Gasteiger partial charge in [0.1, 0.15) is 0 Å². The van der Waals surface area contributed by atoms with Crippen molar-refractivity contribution in [1.82, 2.24) is 10.3 Å². The van der Waals surface area contributed by atoms with Crippen LogP contribution < -0.4 is 11.1 Å². The first-order chi connectivity index (χ1) is 6.52. The second kappa shape index (κ2) is 4.62. The molecule has 0 saturated carbocycles. The highest BCUT2D eigenvalue weighted by Crippen LogP contribution is 2.21. The third-order valence-corrected chi connectivity index (χ3v) is 2.41. The minimum Gasteiger partial charge on any atom is -0.367 e. The van der Waals surface area contributed by atoms with Crippen molar-refractivity contribution >= 4 is 0 Å². The predicted octanol–water partition coefficient (Wildman–Crippen LogP) is 1.23. The van der Waals surface area contributed by atoms with E-state index < -0.39 is 0 Å². The lowest BCUT2D eigenvalue weighted by Gasteiger charge is -2.24. The Morgan fingerprint density at radius 2 is 2.29 bits per heavy atom. The summed E-state index contributed by atoms with van der Waals surface area (Å²) in [5.41, 5.74) is 7.16. The van der Waals surface area contributed by atoms with E-state index in [4.69, 9.17) is 5.73 Å². The zero-order chi connectivity index (χ0) is 10.6. The maximum atomic E-state index is 5.67. The van der Waals surface area contributed by atoms with E-state index in [2.05, 4.69) is 30.2 Å². The van der Waals surface area contributed by atoms with Gasteiger partial charge in [0.25, 0.3) is 0 Å². The molecule has 1 rings (SSSR count). The molecule has 1 heterocycles. The third kappa shape index (κ3) is 3.16. The monoisotopic (exact) mass is 195 g/mol. The molecule has 0 saturated heterocycles. The molecule has 0 aliphatic carbocycles. The summed E-state index contributed by atoms with van der Waals surface area (Å²) in [5.74, 6) is 0. The van der Waals surface area contributed by atoms with Crippen LogP contribution in [-0.2, 0) is 5.41 Å². The molecule has 0 radical (unpaired) electrons. The molecule has 0 aromatic carbocycles. The summed E-state index contributed by atoms with van der Waals surface area (Å²) >= 11 is 0. The van der Waals surface area contributed by atoms with Crippen LogP contribution in [0.15, 0.2) is 18.5 Å². The van der Waals surface area contributed by atoms with Crippen LogP contribution in [0.25, 0.3) is 0 Å². The molecular formula is C11H21N3. The largest absolute Gasteiger partial charge is 0.367 e. The molecule has 14 heavy (non-hydrogen) atoms. The van der Waals surface area contributed by atoms with Gasteiger partial charge in [-0.25, -0.2) is 0 Å². The van der Waals surface area contributed by atoms with E-state index in [-0.39, 0.29) is 11.5 Å². The lowest BCUT2D eigenvalue weighted by Crippen LogP contribution is -2.38. The predicted molar refractivity (Wildman–Crippen MR) is 60.3 cm³/mol. The number of nitrogens with two attached hydrogens (primary N) is 1. The summed E-state index contributed by atoms with van der Waals surface area (Å²) in [7, 11) is 0. The van der Waals surface area contributed by atoms with E-state index in [9.17, 15) is 0 Å². The minimum atomic E-state index is 0.162. The van der Waals surface area contributed by atoms with Gasteiger partial charge >= 0.3 is 0 Å². The van der Waals surface area contributed by atoms with Crippen molar-refractivity contribution in [2.24, 2.45) is 5.73 Å². The van der Waals surface area contributed by atoms with Crippen molar-refractivity contribution in [2.75, 3.05) is 13.1 Å². The SMILES string of the molecule is CC(N)CNCC(C)(C)c1cc[nH]c1. The summed E-state index contributed by atoms with van der Waals surface area (Å²) in [6, 6.07) is 2.34. The quantitative estimate of drug-likeness (QED) is 0.662. The molecule has 0 fully saturated rings. The summed E-state index contributed by atoms with van der Waals surface area (Å²) < 4.78 is 0. The van der Waals surface area contributed by atoms with Crippen LogP contribution in [0.3, 0.4) is 0 Å². The number of aromatic amines is 1. The van der Waals surface area contributed by atoms with E-state index in [1.165, 1.54) is 5.56 Å². The Hall–Kier alpha value is -0.800. The van der Waals surface area contributed by atoms with Crippen LogP contribution in [0.5, 0.6) is 0 Å². The molecule has 4 N–H and O–H groups in total. The van der Waals surface area contributed by atoms with Crippen molar-refractivity contribution in [3.63, 3.8) is 0 Å². The Bertz CT molecular complexity index is 250. The molecular weight excluding hydrogens is 174 g/mol. The van der Waals surface area contributed by atoms with Crippen molar-refractivity contribution in [1.29, 1.82) is 0 Å². The fourth-order valence-electron chi connectivity index (χ4n) is 1.46. The maximum Gasteiger partial charge on any atom is 0.0136 e. The second-order valence-electron chi connectivity index (χ2n) is 4.59. The molecule has 80 valence electrons. The molecule has 0 bridgehead atoms. The molecule has 1 aromatic heterocycles. The third-order valence-electron chi connectivity index (χ3n) is 2.41. The molecule has 0 spiro atoms. The highest BCUT2D eigenvalue weighted by atomic mass is 14.9. The Labute approximate surface area is 86.1 Å². The average molecular weight is 195 g/mol. The van der Waals surface area contributed by atoms with Crippen LogP contribution >= 0.6 is 0 Å². The molecule has 1 unspecified atom stereocenters. The van der Waals surface area contributed by atoms with Crippen molar-refractivity contribution in [3.8, 4) is 0 Å². The normalized spacial score (nSPS) is 14.3. The van der Waals surface area contributed by atoms with Gasteiger partial charge in [0.15, 0.2) is 0 Å². The summed E-state index contributed by atoms with van der Waals surface area (Å²) in [6.45, 7) is 8.28. The van der Waals surface area contributed by atoms with Crippen LogP contribution in [0.4, 0.5) is 0 Å². The zero-order valence-electron chi connectivity index (χ0n) is 9.30. The summed E-state index contributed by atoms with van der Waals surface area (Å²) in [4.78, 5) is 3.08. The Morgan fingerprint density at radius 1 is 1.57 bits per heavy atom. The molecule has 1 atom stereocenters. The number of rotatable bonds is 5. The summed E-state index contributed by atoms with van der Waals surface area (Å²) in [5, 5.41) is 3.37. The van der Waals surface area contributed by atoms with Gasteiger partial charge in [-0.15, -0.1) is 0 Å². The van der Waals surface area contributed by atoms with Crippen molar-refractivity contribution in [3.05, 3.63) is 24.0 Å². The number of hydrogen-bond donors (Lipinski definition) is 3. The van der Waals surface area contributed by atoms with E-state index in [1.54, 1.807) is 0 Å². The molecule has 0 aliphatic rings. The van der Waals surface area contributed by atoms with Gasteiger partial charge in [-0.2, -0.15) is 0 Å². The topological polar surface area (TPSA) is 53.8 Å². The van der Waals surface area contributed by atoms with Gasteiger partial charge in [0.2, 0.25) is 0 Å². The second-order valence-corrected chi connectivity index (χ2v) is 4.59. The van der Waals surface area contributed by atoms with Crippen LogP contribution in [0.2, 0.25) is 0 Å². The van der Waals surface area contributed by atoms with Gasteiger partial charge in [-0.3, -0.25) is 0 Å². The van der Waals surface area contributed by atoms with E-state index in [0.29, 0.717) is 0 Å². The Balaban J connectivity index is 2.42. The van der Waals surface area contributed by atoms with Crippen LogP contribution in [0.1, 0.15) is 26.3 Å². The minimum absolute atomic E-state index is 0.162. The van der Waals surface area contributed by atoms with Crippen molar-refractivity contribution in [2.45, 2.75) is 32.2 Å². The molecule has 0 amide bonds. The maximum absolute atomic E-state index is 5.67. The van der Waals surface area contributed by atoms with Crippen LogP contribution in [-0.4, -0.2) is 24.1 Å². The first kappa shape index (κ1) is 11.3. The summed E-state index contributed by atoms with van der Waals surface area (Å²) in [6.07, 6.45) is 4.01. The highest BCUT2D eigenvalue weighted by molar-refractivity contribution is 5.20. The van der Waals surface area contributed by atoms with Gasteiger partial charge in [-0.05, 0) is 18.6 Å². The lowest BCUT2D eigenvalue weighted by atomic mass is 9.86. The Kier molecular flexibility index (Phi) is 3.72. The number of hydrogen-bond acceptors (Lipinski definition) is 2. The first-order valence-corrected chi connectivity index (χ1v) is 5.12. The molecule has 3 heteroatoms. The van der Waals surface area contributed by atoms with Gasteiger partial charge in [0, 0.05) is 36.9 Å². The van der Waals surface area contributed by atoms with Gasteiger partial charge < -0.3 is 16.0 Å². The molecule has 3 nitrogen and oxygen atoms in total. The first-order valence-electron chi connectivity index (χ1n) is 5.12. The van der Waals surface area contributed by atoms with E-state index in [0.717, 1.165) is 13.1 Å². The smallest absolute Gasteiger partial charge is 0.0136 e. The standard InChI is InChI=1S/C11H21N3/c1-9(12)6-14-8-11(2,3)10-4-5-13-7-10/h4-5,7,9,13-14H,6,8,12H2,1-3H3. The number of nitrogens with one attached hydrogen (secondary N) is 2. The molecule has 1 aromatic rings. The fraction of sp³-hybridized carbons (Fsp3) is 0.636. The highest BCUT2D eigenvalue weighted by Gasteiger charge is 2.20. The van der Waals surface area contributed by atoms with Crippen LogP contribution in [0, 0.1) is 0 Å². The van der Waals surface area contributed by atoms with Gasteiger partial charge in [0.05, 0.1) is 0 Å². The van der Waals surface area contributed by atoms with E-state index in [1.807, 2.05) is 19.3 Å². The Morgan fingerprint density at radius 3 is 2.79 bits per heavy atom. The fourth-order valence-corrected chi connectivity index (χ4v) is 1.46. The molecule has 0 aliphatic heterocycles. The average Bonchev–Trinajstić information content (AvgIpc) is 2.54. The lowest BCUT2D eigenvalue weighted by molar-refractivity contribution is 0.459. The zero-order valence-corrected chi connectivity index (χ0v) is 9.30. The van der Waals surface area contributed by atoms with Crippen molar-refractivity contribution < 1.29 is 0 Å². The number of H-pyrrole nitrogens is 1.